The van der Waals surface area contributed by atoms with E-state index in [1.165, 1.54) is 42.5 Å². The summed E-state index contributed by atoms with van der Waals surface area (Å²) in [5, 5.41) is 0. The molecule has 1 aliphatic rings. The largest absolute Gasteiger partial charge is 0.331 e. The third-order valence-electron chi connectivity index (χ3n) is 2.58. The van der Waals surface area contributed by atoms with E-state index in [9.17, 15) is 0 Å². The maximum atomic E-state index is 4.85. The molecule has 0 saturated carbocycles. The number of aryl methyl sites for hydroxylation is 2. The van der Waals surface area contributed by atoms with Crippen molar-refractivity contribution in [2.45, 2.75) is 88.0 Å². The summed E-state index contributed by atoms with van der Waals surface area (Å²) in [5.41, 5.74) is 10.5. The monoisotopic (exact) mass is 296 g/mol. The van der Waals surface area contributed by atoms with Gasteiger partial charge >= 0.3 is 0 Å². The molecular weight excluding hydrogens is 256 g/mol. The van der Waals surface area contributed by atoms with Crippen LogP contribution in [0.5, 0.6) is 0 Å². The van der Waals surface area contributed by atoms with Gasteiger partial charge in [-0.2, -0.15) is 0 Å². The summed E-state index contributed by atoms with van der Waals surface area (Å²) in [7, 11) is 0. The second-order valence-corrected chi connectivity index (χ2v) is 4.45. The first-order valence-corrected chi connectivity index (χ1v) is 8.76. The van der Waals surface area contributed by atoms with E-state index in [4.69, 9.17) is 5.73 Å². The summed E-state index contributed by atoms with van der Waals surface area (Å²) in [6, 6.07) is 0. The summed E-state index contributed by atoms with van der Waals surface area (Å²) < 4.78 is 0. The molecule has 126 valence electrons. The van der Waals surface area contributed by atoms with Crippen molar-refractivity contribution in [1.82, 2.24) is 4.98 Å². The van der Waals surface area contributed by atoms with Crippen LogP contribution in [0.15, 0.2) is 6.20 Å². The van der Waals surface area contributed by atoms with Crippen molar-refractivity contribution in [2.24, 2.45) is 5.73 Å². The lowest BCUT2D eigenvalue weighted by Gasteiger charge is -2.04. The van der Waals surface area contributed by atoms with Crippen LogP contribution in [0.3, 0.4) is 0 Å². The SMILES string of the molecule is CC.CC.CCC.CCN.Cc1cnc(C)c2c1CCC2. The molecule has 0 unspecified atom stereocenters. The van der Waals surface area contributed by atoms with Crippen LogP contribution in [0.1, 0.15) is 83.7 Å². The molecule has 2 N–H and O–H groups in total. The molecule has 0 fully saturated rings. The van der Waals surface area contributed by atoms with Crippen LogP contribution in [0, 0.1) is 13.8 Å². The molecule has 0 saturated heterocycles. The molecule has 2 heteroatoms. The van der Waals surface area contributed by atoms with Gasteiger partial charge in [0, 0.05) is 11.9 Å². The molecule has 1 aliphatic carbocycles. The van der Waals surface area contributed by atoms with Crippen molar-refractivity contribution in [2.75, 3.05) is 6.54 Å². The Morgan fingerprint density at radius 3 is 1.71 bits per heavy atom. The molecule has 2 nitrogen and oxygen atoms in total. The van der Waals surface area contributed by atoms with Gasteiger partial charge in [-0.1, -0.05) is 54.9 Å². The number of nitrogens with two attached hydrogens (primary N) is 1. The Kier molecular flexibility index (Phi) is 22.8. The predicted octanol–water partition coefficient (Wildman–Crippen LogP) is 5.62. The van der Waals surface area contributed by atoms with Gasteiger partial charge in [-0.05, 0) is 56.3 Å². The fourth-order valence-electron chi connectivity index (χ4n) is 1.93. The maximum absolute atomic E-state index is 4.85. The minimum Gasteiger partial charge on any atom is -0.331 e. The third kappa shape index (κ3) is 11.4. The first-order chi connectivity index (χ1) is 10.1. The maximum Gasteiger partial charge on any atom is 0.0407 e. The van der Waals surface area contributed by atoms with Gasteiger partial charge in [0.15, 0.2) is 0 Å². The topological polar surface area (TPSA) is 38.9 Å². The van der Waals surface area contributed by atoms with Crippen molar-refractivity contribution >= 4 is 0 Å². The highest BCUT2D eigenvalue weighted by Gasteiger charge is 2.15. The first-order valence-electron chi connectivity index (χ1n) is 8.76. The molecule has 0 atom stereocenters. The van der Waals surface area contributed by atoms with Crippen molar-refractivity contribution in [3.63, 3.8) is 0 Å². The minimum absolute atomic E-state index is 0.750. The number of fused-ring (bicyclic) bond motifs is 1. The zero-order valence-electron chi connectivity index (χ0n) is 16.1. The highest BCUT2D eigenvalue weighted by Crippen LogP contribution is 2.25. The normalized spacial score (nSPS) is 10.2. The van der Waals surface area contributed by atoms with E-state index in [1.54, 1.807) is 5.56 Å². The number of pyridine rings is 1. The average molecular weight is 297 g/mol. The van der Waals surface area contributed by atoms with Gasteiger partial charge in [-0.15, -0.1) is 0 Å². The fourth-order valence-corrected chi connectivity index (χ4v) is 1.93. The number of rotatable bonds is 0. The summed E-state index contributed by atoms with van der Waals surface area (Å²) in [6.07, 6.45) is 7.09. The number of nitrogens with zero attached hydrogens (tertiary/aromatic N) is 1. The van der Waals surface area contributed by atoms with E-state index < -0.39 is 0 Å². The summed E-state index contributed by atoms with van der Waals surface area (Å²) >= 11 is 0. The van der Waals surface area contributed by atoms with Gasteiger partial charge in [-0.25, -0.2) is 0 Å². The standard InChI is InChI=1S/C10H13N.C3H8.C2H7N.2C2H6/c1-7-6-11-8(2)10-5-3-4-9(7)10;1-3-2;1-2-3;2*1-2/h6H,3-5H2,1-2H3;3H2,1-2H3;2-3H2,1H3;2*1-2H3. The van der Waals surface area contributed by atoms with E-state index >= 15 is 0 Å². The van der Waals surface area contributed by atoms with E-state index in [-0.39, 0.29) is 0 Å². The molecule has 1 aromatic heterocycles. The van der Waals surface area contributed by atoms with Crippen LogP contribution in [-0.4, -0.2) is 11.5 Å². The Morgan fingerprint density at radius 2 is 1.33 bits per heavy atom. The minimum atomic E-state index is 0.750. The predicted molar refractivity (Wildman–Crippen MR) is 99.1 cm³/mol. The molecule has 21 heavy (non-hydrogen) atoms. The number of hydrogen-bond acceptors (Lipinski definition) is 2. The summed E-state index contributed by atoms with van der Waals surface area (Å²) in [6.45, 7) is 19.2. The lowest BCUT2D eigenvalue weighted by molar-refractivity contribution is 0.906. The molecule has 0 aromatic carbocycles. The van der Waals surface area contributed by atoms with E-state index in [2.05, 4.69) is 32.7 Å². The van der Waals surface area contributed by atoms with Crippen molar-refractivity contribution in [1.29, 1.82) is 0 Å². The van der Waals surface area contributed by atoms with Gasteiger partial charge in [0.25, 0.3) is 0 Å². The molecule has 2 rings (SSSR count). The Balaban J connectivity index is -0.000000275. The molecule has 0 spiro atoms. The first kappa shape index (κ1) is 25.1. The van der Waals surface area contributed by atoms with Crippen LogP contribution in [-0.2, 0) is 12.8 Å². The van der Waals surface area contributed by atoms with E-state index in [0.717, 1.165) is 6.54 Å². The Bertz CT molecular complexity index is 289. The van der Waals surface area contributed by atoms with Crippen molar-refractivity contribution in [3.05, 3.63) is 28.6 Å². The van der Waals surface area contributed by atoms with Crippen LogP contribution in [0.2, 0.25) is 0 Å². The second kappa shape index (κ2) is 19.1. The Labute approximate surface area is 134 Å². The molecule has 1 heterocycles. The smallest absolute Gasteiger partial charge is 0.0407 e. The van der Waals surface area contributed by atoms with Gasteiger partial charge in [0.1, 0.15) is 0 Å². The van der Waals surface area contributed by atoms with Crippen LogP contribution in [0.4, 0.5) is 0 Å². The molecular formula is C19H40N2. The highest BCUT2D eigenvalue weighted by atomic mass is 14.7. The lowest BCUT2D eigenvalue weighted by atomic mass is 10.1. The summed E-state index contributed by atoms with van der Waals surface area (Å²) in [4.78, 5) is 4.35. The molecule has 1 aromatic rings. The Hall–Kier alpha value is -0.890. The quantitative estimate of drug-likeness (QED) is 0.674. The molecule has 0 bridgehead atoms. The zero-order valence-corrected chi connectivity index (χ0v) is 16.1. The lowest BCUT2D eigenvalue weighted by Crippen LogP contribution is -1.94. The molecule has 0 amide bonds. The molecule has 0 radical (unpaired) electrons. The fraction of sp³-hybridized carbons (Fsp3) is 0.737. The highest BCUT2D eigenvalue weighted by molar-refractivity contribution is 5.38. The van der Waals surface area contributed by atoms with E-state index in [0.29, 0.717) is 0 Å². The van der Waals surface area contributed by atoms with Crippen molar-refractivity contribution < 1.29 is 0 Å². The van der Waals surface area contributed by atoms with Gasteiger partial charge in [0.05, 0.1) is 0 Å². The second-order valence-electron chi connectivity index (χ2n) is 4.45. The van der Waals surface area contributed by atoms with Gasteiger partial charge in [-0.3, -0.25) is 4.98 Å². The van der Waals surface area contributed by atoms with Crippen molar-refractivity contribution in [3.8, 4) is 0 Å². The summed E-state index contributed by atoms with van der Waals surface area (Å²) in [5.74, 6) is 0. The van der Waals surface area contributed by atoms with Crippen LogP contribution >= 0.6 is 0 Å². The Morgan fingerprint density at radius 1 is 0.952 bits per heavy atom. The van der Waals surface area contributed by atoms with E-state index in [1.807, 2.05) is 40.8 Å². The van der Waals surface area contributed by atoms with Gasteiger partial charge in [0.2, 0.25) is 0 Å². The van der Waals surface area contributed by atoms with Crippen LogP contribution < -0.4 is 5.73 Å². The average Bonchev–Trinajstić information content (AvgIpc) is 3.00. The van der Waals surface area contributed by atoms with Crippen LogP contribution in [0.25, 0.3) is 0 Å². The molecule has 0 aliphatic heterocycles. The number of hydrogen-bond donors (Lipinski definition) is 1. The number of aromatic nitrogens is 1. The third-order valence-corrected chi connectivity index (χ3v) is 2.58. The van der Waals surface area contributed by atoms with Gasteiger partial charge < -0.3 is 5.73 Å². The zero-order chi connectivity index (χ0) is 17.3.